The summed E-state index contributed by atoms with van der Waals surface area (Å²) in [4.78, 5) is 30.0. The number of halogens is 1. The van der Waals surface area contributed by atoms with Crippen LogP contribution < -0.4 is 19.1 Å². The summed E-state index contributed by atoms with van der Waals surface area (Å²) < 4.78 is 32.6. The van der Waals surface area contributed by atoms with E-state index in [0.29, 0.717) is 35.9 Å². The molecule has 3 aromatic carbocycles. The molecule has 1 unspecified atom stereocenters. The number of hydrogen-bond acceptors (Lipinski definition) is 8. The van der Waals surface area contributed by atoms with Gasteiger partial charge >= 0.3 is 0 Å². The Hall–Kier alpha value is -5.16. The molecule has 2 aromatic heterocycles. The third kappa shape index (κ3) is 7.83. The maximum atomic E-state index is 14.0. The van der Waals surface area contributed by atoms with E-state index in [1.165, 1.54) is 33.5 Å². The number of imidazole rings is 1. The Morgan fingerprint density at radius 2 is 1.64 bits per heavy atom. The van der Waals surface area contributed by atoms with Gasteiger partial charge in [0.1, 0.15) is 5.82 Å². The van der Waals surface area contributed by atoms with E-state index in [1.807, 2.05) is 36.5 Å². The van der Waals surface area contributed by atoms with Crippen molar-refractivity contribution in [2.75, 3.05) is 72.5 Å². The van der Waals surface area contributed by atoms with Crippen LogP contribution in [0.2, 0.25) is 0 Å². The van der Waals surface area contributed by atoms with E-state index in [-0.39, 0.29) is 17.6 Å². The molecule has 1 amide bonds. The van der Waals surface area contributed by atoms with Crippen molar-refractivity contribution in [1.29, 1.82) is 0 Å². The number of methoxy groups -OCH3 is 3. The first-order valence-corrected chi connectivity index (χ1v) is 17.0. The minimum atomic E-state index is -0.281. The summed E-state index contributed by atoms with van der Waals surface area (Å²) in [6.07, 6.45) is 3.63. The smallest absolute Gasteiger partial charge is 0.253 e. The lowest BCUT2D eigenvalue weighted by Gasteiger charge is -2.28. The molecule has 1 atom stereocenters. The molecule has 50 heavy (non-hydrogen) atoms. The largest absolute Gasteiger partial charge is 0.493 e. The summed E-state index contributed by atoms with van der Waals surface area (Å²) >= 11 is 0. The molecule has 0 spiro atoms. The number of ether oxygens (including phenoxy) is 3. The standard InChI is InChI=1S/C39H45FN6O4/c1-43(38(47)30-24-35(48-2)37(50-4)36(25-30)49-3)26-29(28-13-15-31(40)16-14-28)17-21-44-19-9-20-45(23-22-44)39-42-33-11-5-6-12-34(33)46(39)27-32-10-7-8-18-41-32/h5-8,10-16,18,24-25,29H,9,17,19-23,26-27H2,1-4H3. The van der Waals surface area contributed by atoms with Crippen molar-refractivity contribution in [1.82, 2.24) is 24.3 Å². The van der Waals surface area contributed by atoms with Crippen LogP contribution in [0, 0.1) is 5.82 Å². The minimum Gasteiger partial charge on any atom is -0.493 e. The number of carbonyl (C=O) groups excluding carboxylic acids is 1. The summed E-state index contributed by atoms with van der Waals surface area (Å²) in [6.45, 7) is 5.52. The van der Waals surface area contributed by atoms with E-state index >= 15 is 0 Å². The molecule has 1 aliphatic rings. The average Bonchev–Trinajstić information content (AvgIpc) is 3.33. The maximum absolute atomic E-state index is 14.0. The van der Waals surface area contributed by atoms with Gasteiger partial charge in [-0.2, -0.15) is 0 Å². The minimum absolute atomic E-state index is 0.00600. The number of anilines is 1. The number of aromatic nitrogens is 3. The Morgan fingerprint density at radius 1 is 0.900 bits per heavy atom. The number of benzene rings is 3. The van der Waals surface area contributed by atoms with Crippen LogP contribution in [-0.2, 0) is 6.54 Å². The van der Waals surface area contributed by atoms with Crippen LogP contribution in [0.25, 0.3) is 11.0 Å². The van der Waals surface area contributed by atoms with Crippen molar-refractivity contribution in [3.63, 3.8) is 0 Å². The second-order valence-electron chi connectivity index (χ2n) is 12.6. The van der Waals surface area contributed by atoms with Crippen LogP contribution in [0.5, 0.6) is 17.2 Å². The third-order valence-corrected chi connectivity index (χ3v) is 9.44. The monoisotopic (exact) mass is 680 g/mol. The fourth-order valence-electron chi connectivity index (χ4n) is 6.78. The van der Waals surface area contributed by atoms with E-state index in [0.717, 1.165) is 73.8 Å². The molecule has 0 saturated carbocycles. The van der Waals surface area contributed by atoms with Crippen molar-refractivity contribution in [2.24, 2.45) is 0 Å². The zero-order valence-corrected chi connectivity index (χ0v) is 29.2. The summed E-state index contributed by atoms with van der Waals surface area (Å²) in [5, 5.41) is 0. The highest BCUT2D eigenvalue weighted by Crippen LogP contribution is 2.38. The van der Waals surface area contributed by atoms with Gasteiger partial charge in [0.05, 0.1) is 44.6 Å². The van der Waals surface area contributed by atoms with Crippen molar-refractivity contribution in [3.8, 4) is 17.2 Å². The van der Waals surface area contributed by atoms with Gasteiger partial charge in [-0.25, -0.2) is 9.37 Å². The van der Waals surface area contributed by atoms with Crippen molar-refractivity contribution < 1.29 is 23.4 Å². The van der Waals surface area contributed by atoms with Gasteiger partial charge in [-0.1, -0.05) is 30.3 Å². The van der Waals surface area contributed by atoms with E-state index in [4.69, 9.17) is 19.2 Å². The molecule has 11 heteroatoms. The molecule has 1 aliphatic heterocycles. The predicted molar refractivity (Wildman–Crippen MR) is 193 cm³/mol. The lowest BCUT2D eigenvalue weighted by Crippen LogP contribution is -2.35. The number of carbonyl (C=O) groups is 1. The molecule has 1 fully saturated rings. The van der Waals surface area contributed by atoms with Gasteiger partial charge in [0.15, 0.2) is 11.5 Å². The summed E-state index contributed by atoms with van der Waals surface area (Å²) in [5.74, 6) is 1.77. The SMILES string of the molecule is COc1cc(C(=O)N(C)CC(CCN2CCCN(c3nc4ccccc4n3Cc3ccccn3)CC2)c2ccc(F)cc2)cc(OC)c1OC. The molecule has 0 bridgehead atoms. The van der Waals surface area contributed by atoms with Gasteiger partial charge in [0.25, 0.3) is 5.91 Å². The van der Waals surface area contributed by atoms with E-state index in [9.17, 15) is 9.18 Å². The van der Waals surface area contributed by atoms with Gasteiger partial charge in [-0.05, 0) is 80.0 Å². The lowest BCUT2D eigenvalue weighted by molar-refractivity contribution is 0.0782. The molecule has 0 radical (unpaired) electrons. The number of nitrogens with zero attached hydrogens (tertiary/aromatic N) is 6. The molecule has 3 heterocycles. The summed E-state index contributed by atoms with van der Waals surface area (Å²) in [5.41, 5.74) is 4.50. The van der Waals surface area contributed by atoms with Crippen molar-refractivity contribution in [3.05, 3.63) is 108 Å². The van der Waals surface area contributed by atoms with Crippen LogP contribution >= 0.6 is 0 Å². The lowest BCUT2D eigenvalue weighted by atomic mass is 9.94. The second kappa shape index (κ2) is 16.0. The third-order valence-electron chi connectivity index (χ3n) is 9.44. The van der Waals surface area contributed by atoms with Crippen molar-refractivity contribution >= 4 is 22.9 Å². The second-order valence-corrected chi connectivity index (χ2v) is 12.6. The van der Waals surface area contributed by atoms with Gasteiger partial charge in [0, 0.05) is 50.9 Å². The fourth-order valence-corrected chi connectivity index (χ4v) is 6.78. The first-order valence-electron chi connectivity index (χ1n) is 17.0. The number of hydrogen-bond donors (Lipinski definition) is 0. The quantitative estimate of drug-likeness (QED) is 0.148. The zero-order valence-electron chi connectivity index (χ0n) is 29.2. The topological polar surface area (TPSA) is 85.2 Å². The van der Waals surface area contributed by atoms with Gasteiger partial charge in [-0.3, -0.25) is 9.78 Å². The van der Waals surface area contributed by atoms with Crippen LogP contribution in [0.4, 0.5) is 10.3 Å². The molecular formula is C39H45FN6O4. The van der Waals surface area contributed by atoms with Gasteiger partial charge in [-0.15, -0.1) is 0 Å². The van der Waals surface area contributed by atoms with Gasteiger partial charge in [0.2, 0.25) is 11.7 Å². The Kier molecular flexibility index (Phi) is 11.1. The number of para-hydroxylation sites is 2. The molecule has 262 valence electrons. The Labute approximate surface area is 293 Å². The fraction of sp³-hybridized carbons (Fsp3) is 0.359. The van der Waals surface area contributed by atoms with Crippen LogP contribution in [0.3, 0.4) is 0 Å². The Balaban J connectivity index is 1.15. The molecule has 10 nitrogen and oxygen atoms in total. The highest BCUT2D eigenvalue weighted by Gasteiger charge is 2.25. The first-order chi connectivity index (χ1) is 24.4. The number of pyridine rings is 1. The normalized spacial score (nSPS) is 14.3. The molecule has 0 aliphatic carbocycles. The number of likely N-dealkylation sites (N-methyl/N-ethyl adjacent to an activating group) is 1. The number of fused-ring (bicyclic) bond motifs is 1. The summed E-state index contributed by atoms with van der Waals surface area (Å²) in [6, 6.07) is 24.3. The first kappa shape index (κ1) is 34.7. The molecule has 0 N–H and O–H groups in total. The maximum Gasteiger partial charge on any atom is 0.253 e. The van der Waals surface area contributed by atoms with Crippen molar-refractivity contribution in [2.45, 2.75) is 25.3 Å². The van der Waals surface area contributed by atoms with Crippen LogP contribution in [0.1, 0.15) is 40.4 Å². The van der Waals surface area contributed by atoms with E-state index in [1.54, 1.807) is 24.1 Å². The van der Waals surface area contributed by atoms with Gasteiger partial charge < -0.3 is 33.5 Å². The molecule has 6 rings (SSSR count). The zero-order chi connectivity index (χ0) is 35.0. The van der Waals surface area contributed by atoms with Crippen LogP contribution in [0.15, 0.2) is 85.1 Å². The number of amides is 1. The molecule has 5 aromatic rings. The van der Waals surface area contributed by atoms with E-state index < -0.39 is 0 Å². The number of rotatable bonds is 13. The average molecular weight is 681 g/mol. The molecular weight excluding hydrogens is 635 g/mol. The highest BCUT2D eigenvalue weighted by atomic mass is 19.1. The van der Waals surface area contributed by atoms with Crippen LogP contribution in [-0.4, -0.2) is 97.9 Å². The Bertz CT molecular complexity index is 1860. The predicted octanol–water partition coefficient (Wildman–Crippen LogP) is 6.10. The summed E-state index contributed by atoms with van der Waals surface area (Å²) in [7, 11) is 6.38. The van der Waals surface area contributed by atoms with E-state index in [2.05, 4.69) is 43.6 Å². The Morgan fingerprint density at radius 3 is 2.34 bits per heavy atom. The highest BCUT2D eigenvalue weighted by molar-refractivity contribution is 5.95. The molecule has 1 saturated heterocycles.